The fourth-order valence-corrected chi connectivity index (χ4v) is 2.72. The number of carbonyl (C=O) groups excluding carboxylic acids is 1. The zero-order valence-corrected chi connectivity index (χ0v) is 9.63. The molecule has 82 valence electrons. The van der Waals surface area contributed by atoms with Gasteiger partial charge >= 0.3 is 0 Å². The van der Waals surface area contributed by atoms with Crippen molar-refractivity contribution in [3.63, 3.8) is 0 Å². The van der Waals surface area contributed by atoms with Gasteiger partial charge in [-0.05, 0) is 25.9 Å². The molecule has 0 atom stereocenters. The lowest BCUT2D eigenvalue weighted by Gasteiger charge is -2.17. The predicted octanol–water partition coefficient (Wildman–Crippen LogP) is 2.33. The minimum atomic E-state index is 0.574. The number of carbonyl (C=O) groups is 1. The molecule has 1 aliphatic rings. The average Bonchev–Trinajstić information content (AvgIpc) is 2.54. The van der Waals surface area contributed by atoms with Gasteiger partial charge in [0.2, 0.25) is 0 Å². The summed E-state index contributed by atoms with van der Waals surface area (Å²) < 4.78 is 0. The molecule has 0 unspecified atom stereocenters. The molecule has 2 rings (SSSR count). The summed E-state index contributed by atoms with van der Waals surface area (Å²) in [5.41, 5.74) is 0.574. The second kappa shape index (κ2) is 5.37. The summed E-state index contributed by atoms with van der Waals surface area (Å²) in [5.74, 6) is 0. The van der Waals surface area contributed by atoms with E-state index in [4.69, 9.17) is 0 Å². The summed E-state index contributed by atoms with van der Waals surface area (Å²) in [5, 5.41) is 2.90. The van der Waals surface area contributed by atoms with Gasteiger partial charge in [-0.3, -0.25) is 9.69 Å². The smallest absolute Gasteiger partial charge is 0.169 e. The van der Waals surface area contributed by atoms with Crippen LogP contribution in [0, 0.1) is 0 Å². The second-order valence-corrected chi connectivity index (χ2v) is 4.92. The molecule has 0 spiro atoms. The van der Waals surface area contributed by atoms with Gasteiger partial charge in [0.15, 0.2) is 6.29 Å². The van der Waals surface area contributed by atoms with Gasteiger partial charge < -0.3 is 0 Å². The molecule has 3 nitrogen and oxygen atoms in total. The minimum absolute atomic E-state index is 0.574. The fraction of sp³-hybridized carbons (Fsp3) is 0.636. The van der Waals surface area contributed by atoms with Crippen LogP contribution in [-0.4, -0.2) is 29.3 Å². The normalized spacial score (nSPS) is 18.7. The van der Waals surface area contributed by atoms with Gasteiger partial charge in [0.1, 0.15) is 10.7 Å². The molecule has 15 heavy (non-hydrogen) atoms. The van der Waals surface area contributed by atoms with Crippen LogP contribution in [0.5, 0.6) is 0 Å². The SMILES string of the molecule is O=Cc1csc(CN2CCCCCC2)n1. The Balaban J connectivity index is 1.91. The first kappa shape index (κ1) is 10.8. The van der Waals surface area contributed by atoms with Crippen LogP contribution in [0.25, 0.3) is 0 Å². The number of thiazole rings is 1. The number of hydrogen-bond donors (Lipinski definition) is 0. The molecule has 1 aliphatic heterocycles. The monoisotopic (exact) mass is 224 g/mol. The van der Waals surface area contributed by atoms with Crippen molar-refractivity contribution in [1.29, 1.82) is 0 Å². The van der Waals surface area contributed by atoms with Crippen LogP contribution < -0.4 is 0 Å². The molecule has 0 aliphatic carbocycles. The fourth-order valence-electron chi connectivity index (χ4n) is 1.94. The van der Waals surface area contributed by atoms with Gasteiger partial charge in [-0.15, -0.1) is 11.3 Å². The summed E-state index contributed by atoms with van der Waals surface area (Å²) in [6.07, 6.45) is 6.13. The molecule has 1 saturated heterocycles. The zero-order chi connectivity index (χ0) is 10.5. The van der Waals surface area contributed by atoms with Crippen molar-refractivity contribution >= 4 is 17.6 Å². The Hall–Kier alpha value is -0.740. The lowest BCUT2D eigenvalue weighted by Crippen LogP contribution is -2.23. The van der Waals surface area contributed by atoms with Crippen molar-refractivity contribution in [2.75, 3.05) is 13.1 Å². The van der Waals surface area contributed by atoms with E-state index in [1.165, 1.54) is 38.8 Å². The Labute approximate surface area is 94.1 Å². The number of aldehydes is 1. The molecule has 0 radical (unpaired) electrons. The maximum atomic E-state index is 10.5. The highest BCUT2D eigenvalue weighted by Gasteiger charge is 2.11. The third-order valence-corrected chi connectivity index (χ3v) is 3.60. The van der Waals surface area contributed by atoms with E-state index in [1.807, 2.05) is 5.38 Å². The first-order chi connectivity index (χ1) is 7.38. The van der Waals surface area contributed by atoms with Crippen molar-refractivity contribution in [3.8, 4) is 0 Å². The van der Waals surface area contributed by atoms with Crippen LogP contribution in [0.4, 0.5) is 0 Å². The quantitative estimate of drug-likeness (QED) is 0.739. The lowest BCUT2D eigenvalue weighted by molar-refractivity contribution is 0.111. The Bertz CT molecular complexity index is 316. The van der Waals surface area contributed by atoms with Crippen molar-refractivity contribution in [1.82, 2.24) is 9.88 Å². The highest BCUT2D eigenvalue weighted by atomic mass is 32.1. The Morgan fingerprint density at radius 2 is 2.07 bits per heavy atom. The van der Waals surface area contributed by atoms with Crippen LogP contribution in [0.2, 0.25) is 0 Å². The second-order valence-electron chi connectivity index (χ2n) is 3.97. The molecular formula is C11H16N2OS. The highest BCUT2D eigenvalue weighted by molar-refractivity contribution is 7.09. The van der Waals surface area contributed by atoms with Gasteiger partial charge in [0.05, 0.1) is 6.54 Å². The molecule has 0 saturated carbocycles. The van der Waals surface area contributed by atoms with Crippen molar-refractivity contribution in [3.05, 3.63) is 16.1 Å². The van der Waals surface area contributed by atoms with Gasteiger partial charge in [-0.1, -0.05) is 12.8 Å². The molecule has 1 aromatic rings. The molecule has 0 N–H and O–H groups in total. The van der Waals surface area contributed by atoms with Crippen LogP contribution in [-0.2, 0) is 6.54 Å². The van der Waals surface area contributed by atoms with E-state index in [0.717, 1.165) is 17.8 Å². The molecule has 1 aromatic heterocycles. The maximum Gasteiger partial charge on any atom is 0.169 e. The van der Waals surface area contributed by atoms with Crippen LogP contribution in [0.15, 0.2) is 5.38 Å². The Kier molecular flexibility index (Phi) is 3.86. The molecule has 0 bridgehead atoms. The molecule has 0 aromatic carbocycles. The van der Waals surface area contributed by atoms with Crippen molar-refractivity contribution < 1.29 is 4.79 Å². The van der Waals surface area contributed by atoms with Gasteiger partial charge in [-0.25, -0.2) is 4.98 Å². The molecule has 0 amide bonds. The summed E-state index contributed by atoms with van der Waals surface area (Å²) in [4.78, 5) is 17.2. The Morgan fingerprint density at radius 3 is 2.67 bits per heavy atom. The van der Waals surface area contributed by atoms with Crippen LogP contribution in [0.3, 0.4) is 0 Å². The van der Waals surface area contributed by atoms with Gasteiger partial charge in [0, 0.05) is 5.38 Å². The summed E-state index contributed by atoms with van der Waals surface area (Å²) in [6.45, 7) is 3.27. The molecule has 2 heterocycles. The topological polar surface area (TPSA) is 33.2 Å². The number of nitrogens with zero attached hydrogens (tertiary/aromatic N) is 2. The van der Waals surface area contributed by atoms with Crippen molar-refractivity contribution in [2.24, 2.45) is 0 Å². The van der Waals surface area contributed by atoms with E-state index in [-0.39, 0.29) is 0 Å². The molecular weight excluding hydrogens is 208 g/mol. The van der Waals surface area contributed by atoms with Crippen LogP contribution >= 0.6 is 11.3 Å². The standard InChI is InChI=1S/C11H16N2OS/c14-8-10-9-15-11(12-10)7-13-5-3-1-2-4-6-13/h8-9H,1-7H2. The molecule has 1 fully saturated rings. The zero-order valence-electron chi connectivity index (χ0n) is 8.82. The van der Waals surface area contributed by atoms with Gasteiger partial charge in [0.25, 0.3) is 0 Å². The highest BCUT2D eigenvalue weighted by Crippen LogP contribution is 2.15. The van der Waals surface area contributed by atoms with E-state index >= 15 is 0 Å². The molecule has 4 heteroatoms. The van der Waals surface area contributed by atoms with Gasteiger partial charge in [-0.2, -0.15) is 0 Å². The number of rotatable bonds is 3. The van der Waals surface area contributed by atoms with Crippen LogP contribution in [0.1, 0.15) is 41.2 Å². The predicted molar refractivity (Wildman–Crippen MR) is 61.2 cm³/mol. The number of hydrogen-bond acceptors (Lipinski definition) is 4. The maximum absolute atomic E-state index is 10.5. The largest absolute Gasteiger partial charge is 0.297 e. The van der Waals surface area contributed by atoms with E-state index < -0.39 is 0 Å². The van der Waals surface area contributed by atoms with E-state index in [2.05, 4.69) is 9.88 Å². The third kappa shape index (κ3) is 3.11. The van der Waals surface area contributed by atoms with E-state index in [9.17, 15) is 4.79 Å². The Morgan fingerprint density at radius 1 is 1.33 bits per heavy atom. The summed E-state index contributed by atoms with van der Waals surface area (Å²) >= 11 is 1.59. The number of aromatic nitrogens is 1. The first-order valence-electron chi connectivity index (χ1n) is 5.50. The first-order valence-corrected chi connectivity index (χ1v) is 6.38. The van der Waals surface area contributed by atoms with Crippen molar-refractivity contribution in [2.45, 2.75) is 32.2 Å². The third-order valence-electron chi connectivity index (χ3n) is 2.75. The summed E-state index contributed by atoms with van der Waals surface area (Å²) in [7, 11) is 0. The summed E-state index contributed by atoms with van der Waals surface area (Å²) in [6, 6.07) is 0. The lowest BCUT2D eigenvalue weighted by atomic mass is 10.2. The number of likely N-dealkylation sites (tertiary alicyclic amines) is 1. The van der Waals surface area contributed by atoms with E-state index in [0.29, 0.717) is 5.69 Å². The van der Waals surface area contributed by atoms with E-state index in [1.54, 1.807) is 11.3 Å². The average molecular weight is 224 g/mol. The minimum Gasteiger partial charge on any atom is -0.297 e.